The van der Waals surface area contributed by atoms with E-state index in [-0.39, 0.29) is 17.9 Å². The maximum atomic E-state index is 11.5. The van der Waals surface area contributed by atoms with Crippen molar-refractivity contribution in [2.75, 3.05) is 5.32 Å². The summed E-state index contributed by atoms with van der Waals surface area (Å²) in [4.78, 5) is 15.3. The number of anilines is 1. The lowest BCUT2D eigenvalue weighted by Gasteiger charge is -2.04. The average molecular weight is 212 g/mol. The Morgan fingerprint density at radius 3 is 3.00 bits per heavy atom. The normalized spacial score (nSPS) is 24.4. The Morgan fingerprint density at radius 1 is 1.71 bits per heavy atom. The maximum Gasteiger partial charge on any atom is 0.229 e. The van der Waals surface area contributed by atoms with Gasteiger partial charge in [0.1, 0.15) is 0 Å². The molecule has 2 rings (SSSR count). The molecule has 1 aromatic rings. The highest BCUT2D eigenvalue weighted by molar-refractivity contribution is 6.32. The molecule has 0 aromatic carbocycles. The Balaban J connectivity index is 2.04. The highest BCUT2D eigenvalue weighted by atomic mass is 35.5. The summed E-state index contributed by atoms with van der Waals surface area (Å²) in [5.74, 6) is -0.140. The Labute approximate surface area is 86.5 Å². The second-order valence-electron chi connectivity index (χ2n) is 3.34. The van der Waals surface area contributed by atoms with E-state index in [2.05, 4.69) is 10.3 Å². The van der Waals surface area contributed by atoms with Crippen molar-refractivity contribution in [3.8, 4) is 0 Å². The molecule has 2 atom stereocenters. The van der Waals surface area contributed by atoms with Gasteiger partial charge in [0.2, 0.25) is 5.91 Å². The van der Waals surface area contributed by atoms with Gasteiger partial charge in [0.15, 0.2) is 5.15 Å². The van der Waals surface area contributed by atoms with Crippen molar-refractivity contribution in [2.24, 2.45) is 11.7 Å². The van der Waals surface area contributed by atoms with Crippen molar-refractivity contribution >= 4 is 23.2 Å². The van der Waals surface area contributed by atoms with Gasteiger partial charge in [-0.05, 0) is 18.6 Å². The number of nitrogens with zero attached hydrogens (tertiary/aromatic N) is 1. The molecule has 2 unspecified atom stereocenters. The number of pyridine rings is 1. The van der Waals surface area contributed by atoms with Crippen LogP contribution in [-0.4, -0.2) is 16.9 Å². The number of halogens is 1. The maximum absolute atomic E-state index is 11.5. The smallest absolute Gasteiger partial charge is 0.229 e. The largest absolute Gasteiger partial charge is 0.327 e. The van der Waals surface area contributed by atoms with Gasteiger partial charge in [-0.15, -0.1) is 0 Å². The monoisotopic (exact) mass is 211 g/mol. The molecule has 1 aliphatic carbocycles. The summed E-state index contributed by atoms with van der Waals surface area (Å²) in [5, 5.41) is 2.99. The first kappa shape index (κ1) is 9.43. The summed E-state index contributed by atoms with van der Waals surface area (Å²) >= 11 is 5.77. The highest BCUT2D eigenvalue weighted by Gasteiger charge is 2.40. The minimum Gasteiger partial charge on any atom is -0.327 e. The lowest BCUT2D eigenvalue weighted by Crippen LogP contribution is -2.18. The predicted octanol–water partition coefficient (Wildman–Crippen LogP) is 1.02. The highest BCUT2D eigenvalue weighted by Crippen LogP contribution is 2.30. The van der Waals surface area contributed by atoms with Crippen molar-refractivity contribution in [1.29, 1.82) is 0 Å². The van der Waals surface area contributed by atoms with Crippen molar-refractivity contribution in [3.05, 3.63) is 23.5 Å². The van der Waals surface area contributed by atoms with E-state index in [9.17, 15) is 4.79 Å². The van der Waals surface area contributed by atoms with Crippen molar-refractivity contribution < 1.29 is 4.79 Å². The first-order valence-electron chi connectivity index (χ1n) is 4.35. The number of nitrogens with one attached hydrogen (secondary N) is 1. The van der Waals surface area contributed by atoms with E-state index < -0.39 is 0 Å². The quantitative estimate of drug-likeness (QED) is 0.718. The van der Waals surface area contributed by atoms with Crippen LogP contribution in [0.5, 0.6) is 0 Å². The summed E-state index contributed by atoms with van der Waals surface area (Å²) in [5.41, 5.74) is 6.09. The minimum atomic E-state index is -0.0765. The molecule has 1 saturated carbocycles. The van der Waals surface area contributed by atoms with Crippen LogP contribution in [0.4, 0.5) is 5.69 Å². The van der Waals surface area contributed by atoms with Crippen LogP contribution in [-0.2, 0) is 4.79 Å². The molecule has 5 heteroatoms. The number of aromatic nitrogens is 1. The number of carbonyl (C=O) groups excluding carboxylic acids is 1. The standard InChI is InChI=1S/C9H10ClN3O/c10-8-7(2-1-3-12-8)13-9(14)5-4-6(5)11/h1-3,5-6H,4,11H2,(H,13,14). The summed E-state index contributed by atoms with van der Waals surface area (Å²) in [6.07, 6.45) is 2.32. The van der Waals surface area contributed by atoms with E-state index in [0.29, 0.717) is 10.8 Å². The van der Waals surface area contributed by atoms with Gasteiger partial charge < -0.3 is 11.1 Å². The van der Waals surface area contributed by atoms with Gasteiger partial charge in [-0.3, -0.25) is 4.79 Å². The first-order valence-corrected chi connectivity index (χ1v) is 4.73. The molecule has 0 aliphatic heterocycles. The Bertz CT molecular complexity index is 369. The van der Waals surface area contributed by atoms with Gasteiger partial charge in [-0.25, -0.2) is 4.98 Å². The summed E-state index contributed by atoms with van der Waals surface area (Å²) in [7, 11) is 0. The zero-order chi connectivity index (χ0) is 10.1. The third kappa shape index (κ3) is 1.86. The van der Waals surface area contributed by atoms with Gasteiger partial charge in [0, 0.05) is 12.2 Å². The molecule has 0 saturated heterocycles. The third-order valence-electron chi connectivity index (χ3n) is 2.19. The van der Waals surface area contributed by atoms with Crippen LogP contribution in [0.25, 0.3) is 0 Å². The molecule has 3 N–H and O–H groups in total. The number of amides is 1. The second-order valence-corrected chi connectivity index (χ2v) is 3.70. The fourth-order valence-corrected chi connectivity index (χ4v) is 1.39. The lowest BCUT2D eigenvalue weighted by molar-refractivity contribution is -0.117. The first-order chi connectivity index (χ1) is 6.68. The summed E-state index contributed by atoms with van der Waals surface area (Å²) < 4.78 is 0. The number of nitrogens with two attached hydrogens (primary N) is 1. The van der Waals surface area contributed by atoms with Crippen LogP contribution in [0.1, 0.15) is 6.42 Å². The summed E-state index contributed by atoms with van der Waals surface area (Å²) in [6, 6.07) is 3.43. The van der Waals surface area contributed by atoms with Gasteiger partial charge in [-0.1, -0.05) is 11.6 Å². The zero-order valence-electron chi connectivity index (χ0n) is 7.40. The molecule has 1 aliphatic rings. The molecular weight excluding hydrogens is 202 g/mol. The molecule has 1 heterocycles. The van der Waals surface area contributed by atoms with Crippen LogP contribution >= 0.6 is 11.6 Å². The fraction of sp³-hybridized carbons (Fsp3) is 0.333. The van der Waals surface area contributed by atoms with Crippen molar-refractivity contribution in [2.45, 2.75) is 12.5 Å². The SMILES string of the molecule is NC1CC1C(=O)Nc1cccnc1Cl. The van der Waals surface area contributed by atoms with E-state index >= 15 is 0 Å². The van der Waals surface area contributed by atoms with Crippen LogP contribution in [0.2, 0.25) is 5.15 Å². The number of hydrogen-bond donors (Lipinski definition) is 2. The molecule has 14 heavy (non-hydrogen) atoms. The fourth-order valence-electron chi connectivity index (χ4n) is 1.22. The molecule has 0 radical (unpaired) electrons. The van der Waals surface area contributed by atoms with E-state index in [1.807, 2.05) is 0 Å². The van der Waals surface area contributed by atoms with E-state index in [0.717, 1.165) is 6.42 Å². The third-order valence-corrected chi connectivity index (χ3v) is 2.49. The molecule has 0 bridgehead atoms. The van der Waals surface area contributed by atoms with Crippen molar-refractivity contribution in [1.82, 2.24) is 4.98 Å². The van der Waals surface area contributed by atoms with Gasteiger partial charge in [0.25, 0.3) is 0 Å². The van der Waals surface area contributed by atoms with Gasteiger partial charge in [-0.2, -0.15) is 0 Å². The number of rotatable bonds is 2. The Hall–Kier alpha value is -1.13. The van der Waals surface area contributed by atoms with Gasteiger partial charge >= 0.3 is 0 Å². The Morgan fingerprint density at radius 2 is 2.43 bits per heavy atom. The van der Waals surface area contributed by atoms with E-state index in [1.165, 1.54) is 0 Å². The van der Waals surface area contributed by atoms with Crippen LogP contribution in [0.3, 0.4) is 0 Å². The zero-order valence-corrected chi connectivity index (χ0v) is 8.16. The molecule has 74 valence electrons. The van der Waals surface area contributed by atoms with Gasteiger partial charge in [0.05, 0.1) is 11.6 Å². The molecule has 1 fully saturated rings. The lowest BCUT2D eigenvalue weighted by atomic mass is 10.3. The molecule has 0 spiro atoms. The molecule has 1 amide bonds. The van der Waals surface area contributed by atoms with Crippen LogP contribution in [0, 0.1) is 5.92 Å². The topological polar surface area (TPSA) is 68.0 Å². The predicted molar refractivity (Wildman–Crippen MR) is 54.0 cm³/mol. The summed E-state index contributed by atoms with van der Waals surface area (Å²) in [6.45, 7) is 0. The van der Waals surface area contributed by atoms with E-state index in [1.54, 1.807) is 18.3 Å². The minimum absolute atomic E-state index is 0.00504. The van der Waals surface area contributed by atoms with Crippen LogP contribution in [0.15, 0.2) is 18.3 Å². The molecule has 4 nitrogen and oxygen atoms in total. The number of hydrogen-bond acceptors (Lipinski definition) is 3. The van der Waals surface area contributed by atoms with Crippen LogP contribution < -0.4 is 11.1 Å². The molecule has 1 aromatic heterocycles. The number of carbonyl (C=O) groups is 1. The average Bonchev–Trinajstić information content (AvgIpc) is 2.87. The van der Waals surface area contributed by atoms with Crippen molar-refractivity contribution in [3.63, 3.8) is 0 Å². The Kier molecular flexibility index (Phi) is 2.39. The van der Waals surface area contributed by atoms with E-state index in [4.69, 9.17) is 17.3 Å². The second kappa shape index (κ2) is 3.55. The molecular formula is C9H10ClN3O.